The van der Waals surface area contributed by atoms with Gasteiger partial charge in [-0.2, -0.15) is 0 Å². The van der Waals surface area contributed by atoms with Crippen LogP contribution in [0.15, 0.2) is 0 Å². The quantitative estimate of drug-likeness (QED) is 0.242. The van der Waals surface area contributed by atoms with E-state index in [1.165, 1.54) is 64.2 Å². The fraction of sp³-hybridized carbons (Fsp3) is 1.00. The van der Waals surface area contributed by atoms with Crippen LogP contribution in [-0.4, -0.2) is 0 Å². The Hall–Kier alpha value is 0. The normalized spacial score (nSPS) is 17.6. The third kappa shape index (κ3) is 11.9. The van der Waals surface area contributed by atoms with Gasteiger partial charge >= 0.3 is 0 Å². The topological polar surface area (TPSA) is 0 Å². The maximum absolute atomic E-state index is 2.60. The van der Waals surface area contributed by atoms with Crippen molar-refractivity contribution in [2.45, 2.75) is 140 Å². The van der Waals surface area contributed by atoms with E-state index in [0.717, 1.165) is 29.6 Å². The summed E-state index contributed by atoms with van der Waals surface area (Å²) < 4.78 is 0. The monoisotopic (exact) mass is 394 g/mol. The summed E-state index contributed by atoms with van der Waals surface area (Å²) in [4.78, 5) is 0. The first-order valence-corrected chi connectivity index (χ1v) is 12.9. The van der Waals surface area contributed by atoms with Crippen LogP contribution in [0.25, 0.3) is 0 Å². The molecule has 0 spiro atoms. The highest BCUT2D eigenvalue weighted by Crippen LogP contribution is 2.45. The summed E-state index contributed by atoms with van der Waals surface area (Å²) in [7, 11) is 0. The highest BCUT2D eigenvalue weighted by molar-refractivity contribution is 4.85. The van der Waals surface area contributed by atoms with Crippen molar-refractivity contribution in [3.8, 4) is 0 Å². The molecule has 0 amide bonds. The van der Waals surface area contributed by atoms with Gasteiger partial charge in [0.1, 0.15) is 0 Å². The molecule has 0 radical (unpaired) electrons. The number of rotatable bonds is 15. The zero-order valence-electron chi connectivity index (χ0n) is 22.0. The van der Waals surface area contributed by atoms with Gasteiger partial charge in [-0.3, -0.25) is 0 Å². The minimum atomic E-state index is 0.447. The number of hydrogen-bond donors (Lipinski definition) is 0. The van der Waals surface area contributed by atoms with Crippen LogP contribution in [0, 0.1) is 40.4 Å². The first kappa shape index (κ1) is 28.0. The SMILES string of the molecule is CCCCCC(CC)CC(CC(C)C)C(C)(C)CC(C)C(CC)CC(C)(C)C. The molecular formula is C28H58. The largest absolute Gasteiger partial charge is 0.0654 e. The van der Waals surface area contributed by atoms with E-state index in [0.29, 0.717) is 10.8 Å². The molecule has 0 aliphatic rings. The standard InChI is InChI=1S/C28H58/c1-12-15-16-17-24(13-2)19-26(18-22(4)5)28(10,11)20-23(6)25(14-3)21-27(7,8)9/h22-26H,12-21H2,1-11H3. The molecule has 0 aliphatic carbocycles. The van der Waals surface area contributed by atoms with Crippen molar-refractivity contribution in [2.75, 3.05) is 0 Å². The van der Waals surface area contributed by atoms with Gasteiger partial charge < -0.3 is 0 Å². The van der Waals surface area contributed by atoms with Gasteiger partial charge in [-0.05, 0) is 66.1 Å². The van der Waals surface area contributed by atoms with E-state index in [2.05, 4.69) is 76.2 Å². The smallest absolute Gasteiger partial charge is 0.0323 e. The molecule has 0 fully saturated rings. The zero-order valence-corrected chi connectivity index (χ0v) is 22.0. The predicted octanol–water partition coefficient (Wildman–Crippen LogP) is 10.2. The minimum absolute atomic E-state index is 0.447. The van der Waals surface area contributed by atoms with Crippen molar-refractivity contribution < 1.29 is 0 Å². The molecule has 0 aliphatic heterocycles. The average molecular weight is 395 g/mol. The first-order chi connectivity index (χ1) is 12.9. The van der Waals surface area contributed by atoms with Crippen molar-refractivity contribution in [2.24, 2.45) is 40.4 Å². The molecule has 0 saturated heterocycles. The maximum atomic E-state index is 2.60. The van der Waals surface area contributed by atoms with Crippen LogP contribution >= 0.6 is 0 Å². The highest BCUT2D eigenvalue weighted by atomic mass is 14.4. The van der Waals surface area contributed by atoms with Crippen LogP contribution in [0.3, 0.4) is 0 Å². The van der Waals surface area contributed by atoms with Crippen molar-refractivity contribution in [3.05, 3.63) is 0 Å². The lowest BCUT2D eigenvalue weighted by Gasteiger charge is -2.41. The van der Waals surface area contributed by atoms with Crippen LogP contribution in [0.1, 0.15) is 140 Å². The second-order valence-electron chi connectivity index (χ2n) is 12.4. The number of unbranched alkanes of at least 4 members (excludes halogenated alkanes) is 2. The molecule has 0 heterocycles. The van der Waals surface area contributed by atoms with Crippen molar-refractivity contribution in [1.82, 2.24) is 0 Å². The summed E-state index contributed by atoms with van der Waals surface area (Å²) in [6.07, 6.45) is 14.0. The third-order valence-electron chi connectivity index (χ3n) is 7.32. The lowest BCUT2D eigenvalue weighted by molar-refractivity contribution is 0.0879. The van der Waals surface area contributed by atoms with Crippen molar-refractivity contribution in [3.63, 3.8) is 0 Å². The molecule has 0 aromatic rings. The Labute approximate surface area is 181 Å². The van der Waals surface area contributed by atoms with E-state index >= 15 is 0 Å². The minimum Gasteiger partial charge on any atom is -0.0654 e. The Bertz CT molecular complexity index is 370. The molecule has 4 unspecified atom stereocenters. The van der Waals surface area contributed by atoms with Gasteiger partial charge in [0.05, 0.1) is 0 Å². The fourth-order valence-corrected chi connectivity index (χ4v) is 5.57. The molecule has 0 rings (SSSR count). The Morgan fingerprint density at radius 2 is 1.32 bits per heavy atom. The maximum Gasteiger partial charge on any atom is -0.0323 e. The van der Waals surface area contributed by atoms with Crippen LogP contribution < -0.4 is 0 Å². The van der Waals surface area contributed by atoms with Crippen LogP contribution in [0.4, 0.5) is 0 Å². The van der Waals surface area contributed by atoms with Gasteiger partial charge in [0.15, 0.2) is 0 Å². The van der Waals surface area contributed by atoms with Crippen LogP contribution in [-0.2, 0) is 0 Å². The van der Waals surface area contributed by atoms with E-state index < -0.39 is 0 Å². The Balaban J connectivity index is 5.17. The zero-order chi connectivity index (χ0) is 22.0. The number of hydrogen-bond acceptors (Lipinski definition) is 0. The molecule has 0 aromatic carbocycles. The molecule has 0 nitrogen and oxygen atoms in total. The third-order valence-corrected chi connectivity index (χ3v) is 7.32. The first-order valence-electron chi connectivity index (χ1n) is 12.9. The van der Waals surface area contributed by atoms with Crippen LogP contribution in [0.5, 0.6) is 0 Å². The van der Waals surface area contributed by atoms with Gasteiger partial charge in [0.2, 0.25) is 0 Å². The Kier molecular flexibility index (Phi) is 13.3. The molecule has 4 atom stereocenters. The van der Waals surface area contributed by atoms with Gasteiger partial charge in [-0.1, -0.05) is 115 Å². The van der Waals surface area contributed by atoms with Crippen molar-refractivity contribution >= 4 is 0 Å². The molecule has 28 heavy (non-hydrogen) atoms. The summed E-state index contributed by atoms with van der Waals surface area (Å²) in [5.74, 6) is 4.30. The average Bonchev–Trinajstić information content (AvgIpc) is 2.56. The summed E-state index contributed by atoms with van der Waals surface area (Å²) >= 11 is 0. The van der Waals surface area contributed by atoms with Gasteiger partial charge in [0, 0.05) is 0 Å². The molecule has 0 N–H and O–H groups in total. The highest BCUT2D eigenvalue weighted by Gasteiger charge is 2.35. The second-order valence-corrected chi connectivity index (χ2v) is 12.4. The summed E-state index contributed by atoms with van der Waals surface area (Å²) in [5.41, 5.74) is 0.899. The molecule has 0 bridgehead atoms. The molecular weight excluding hydrogens is 336 g/mol. The summed E-state index contributed by atoms with van der Waals surface area (Å²) in [6, 6.07) is 0. The summed E-state index contributed by atoms with van der Waals surface area (Å²) in [6.45, 7) is 27.0. The van der Waals surface area contributed by atoms with E-state index in [1.807, 2.05) is 0 Å². The Morgan fingerprint density at radius 1 is 0.714 bits per heavy atom. The second kappa shape index (κ2) is 13.3. The van der Waals surface area contributed by atoms with Gasteiger partial charge in [-0.25, -0.2) is 0 Å². The summed E-state index contributed by atoms with van der Waals surface area (Å²) in [5, 5.41) is 0. The Morgan fingerprint density at radius 3 is 1.75 bits per heavy atom. The predicted molar refractivity (Wildman–Crippen MR) is 131 cm³/mol. The van der Waals surface area contributed by atoms with E-state index in [1.54, 1.807) is 0 Å². The molecule has 0 saturated carbocycles. The van der Waals surface area contributed by atoms with Crippen molar-refractivity contribution in [1.29, 1.82) is 0 Å². The van der Waals surface area contributed by atoms with E-state index in [4.69, 9.17) is 0 Å². The molecule has 0 aromatic heterocycles. The van der Waals surface area contributed by atoms with E-state index in [-0.39, 0.29) is 0 Å². The van der Waals surface area contributed by atoms with Gasteiger partial charge in [0.25, 0.3) is 0 Å². The van der Waals surface area contributed by atoms with Gasteiger partial charge in [-0.15, -0.1) is 0 Å². The van der Waals surface area contributed by atoms with Crippen LogP contribution in [0.2, 0.25) is 0 Å². The lowest BCUT2D eigenvalue weighted by atomic mass is 9.64. The fourth-order valence-electron chi connectivity index (χ4n) is 5.57. The molecule has 0 heteroatoms. The van der Waals surface area contributed by atoms with E-state index in [9.17, 15) is 0 Å². The lowest BCUT2D eigenvalue weighted by Crippen LogP contribution is -2.32. The molecule has 170 valence electrons.